The molecule has 0 saturated carbocycles. The average molecular weight is 438 g/mol. The van der Waals surface area contributed by atoms with Gasteiger partial charge >= 0.3 is 5.97 Å². The van der Waals surface area contributed by atoms with Crippen molar-refractivity contribution in [1.82, 2.24) is 0 Å². The van der Waals surface area contributed by atoms with Crippen molar-refractivity contribution >= 4 is 41.9 Å². The highest BCUT2D eigenvalue weighted by Crippen LogP contribution is 2.23. The van der Waals surface area contributed by atoms with E-state index in [2.05, 4.69) is 45.2 Å². The second-order valence-electron chi connectivity index (χ2n) is 4.24. The Morgan fingerprint density at radius 1 is 1.27 bits per heavy atom. The van der Waals surface area contributed by atoms with Gasteiger partial charge < -0.3 is 9.53 Å². The number of esters is 1. The standard InChI is InChI=1S/C13H19IO3S.C2H6.C2H2/c1-10(7-8-11(2)15)12(13(16)17-3)6-4-5-9-18-14;2*1-2/h10,12H,4,6-8H2,1-3H3;1-2H3;1-2H. The van der Waals surface area contributed by atoms with E-state index in [-0.39, 0.29) is 23.6 Å². The van der Waals surface area contributed by atoms with Gasteiger partial charge in [-0.1, -0.05) is 26.7 Å². The molecule has 0 rings (SSSR count). The number of ether oxygens (including phenoxy) is 1. The van der Waals surface area contributed by atoms with Crippen LogP contribution in [-0.4, -0.2) is 18.9 Å². The Hall–Kier alpha value is -0.660. The van der Waals surface area contributed by atoms with Crippen LogP contribution in [0.25, 0.3) is 0 Å². The summed E-state index contributed by atoms with van der Waals surface area (Å²) in [5, 5.41) is 2.90. The Balaban J connectivity index is -0.000000826. The number of carbonyl (C=O) groups is 2. The van der Waals surface area contributed by atoms with Crippen LogP contribution in [0.1, 0.15) is 53.4 Å². The molecule has 0 aliphatic heterocycles. The summed E-state index contributed by atoms with van der Waals surface area (Å²) in [7, 11) is 2.84. The topological polar surface area (TPSA) is 43.4 Å². The summed E-state index contributed by atoms with van der Waals surface area (Å²) in [6.45, 7) is 7.56. The van der Waals surface area contributed by atoms with Gasteiger partial charge in [-0.05, 0) is 39.9 Å². The van der Waals surface area contributed by atoms with E-state index in [1.807, 2.05) is 20.8 Å². The highest BCUT2D eigenvalue weighted by atomic mass is 127. The molecule has 0 aliphatic rings. The van der Waals surface area contributed by atoms with Gasteiger partial charge in [-0.3, -0.25) is 4.79 Å². The molecule has 0 saturated heterocycles. The Kier molecular flexibility index (Phi) is 24.3. The zero-order valence-corrected chi connectivity index (χ0v) is 17.1. The van der Waals surface area contributed by atoms with Crippen LogP contribution < -0.4 is 0 Å². The third kappa shape index (κ3) is 15.7. The van der Waals surface area contributed by atoms with E-state index < -0.39 is 0 Å². The van der Waals surface area contributed by atoms with E-state index >= 15 is 0 Å². The lowest BCUT2D eigenvalue weighted by Gasteiger charge is -2.20. The number of hydrogen-bond acceptors (Lipinski definition) is 4. The number of ketones is 1. The van der Waals surface area contributed by atoms with Crippen LogP contribution >= 0.6 is 30.1 Å². The van der Waals surface area contributed by atoms with Crippen LogP contribution in [0.3, 0.4) is 0 Å². The molecule has 5 heteroatoms. The molecule has 3 nitrogen and oxygen atoms in total. The lowest BCUT2D eigenvalue weighted by Crippen LogP contribution is -2.23. The predicted octanol–water partition coefficient (Wildman–Crippen LogP) is 4.88. The van der Waals surface area contributed by atoms with E-state index in [1.54, 1.807) is 6.92 Å². The van der Waals surface area contributed by atoms with Crippen molar-refractivity contribution < 1.29 is 14.3 Å². The van der Waals surface area contributed by atoms with Crippen LogP contribution in [0.2, 0.25) is 0 Å². The minimum atomic E-state index is -0.199. The number of hydrogen-bond donors (Lipinski definition) is 0. The molecule has 2 unspecified atom stereocenters. The Labute approximate surface area is 152 Å². The minimum absolute atomic E-state index is 0.149. The molecule has 0 fully saturated rings. The molecule has 0 bridgehead atoms. The first-order valence-corrected chi connectivity index (χ1v) is 10.5. The molecule has 126 valence electrons. The third-order valence-electron chi connectivity index (χ3n) is 2.83. The maximum absolute atomic E-state index is 11.7. The normalized spacial score (nSPS) is 11.1. The first kappa shape index (κ1) is 26.2. The van der Waals surface area contributed by atoms with Crippen LogP contribution in [0, 0.1) is 35.9 Å². The summed E-state index contributed by atoms with van der Waals surface area (Å²) >= 11 is 2.11. The number of terminal acetylenes is 1. The summed E-state index contributed by atoms with van der Waals surface area (Å²) < 4.78 is 4.82. The molecule has 0 aromatic rings. The molecule has 0 aromatic carbocycles. The molecule has 2 atom stereocenters. The highest BCUT2D eigenvalue weighted by molar-refractivity contribution is 14.2. The van der Waals surface area contributed by atoms with Crippen molar-refractivity contribution in [2.45, 2.75) is 53.4 Å². The molecule has 0 amide bonds. The van der Waals surface area contributed by atoms with Crippen LogP contribution in [0.15, 0.2) is 0 Å². The number of carbonyl (C=O) groups excluding carboxylic acids is 2. The molecule has 0 aliphatic carbocycles. The number of halogens is 1. The lowest BCUT2D eigenvalue weighted by molar-refractivity contribution is -0.147. The van der Waals surface area contributed by atoms with Gasteiger partial charge in [0, 0.05) is 34.0 Å². The summed E-state index contributed by atoms with van der Waals surface area (Å²) in [6.07, 6.45) is 10.6. The van der Waals surface area contributed by atoms with E-state index in [9.17, 15) is 9.59 Å². The SMILES string of the molecule is C#C.CC.COC(=O)C(CCC#CSI)C(C)CCC(C)=O. The van der Waals surface area contributed by atoms with Gasteiger partial charge in [0.15, 0.2) is 0 Å². The maximum Gasteiger partial charge on any atom is 0.308 e. The molecule has 0 radical (unpaired) electrons. The Bertz CT molecular complexity index is 369. The zero-order chi connectivity index (χ0) is 18.0. The van der Waals surface area contributed by atoms with Crippen molar-refractivity contribution in [3.8, 4) is 24.0 Å². The van der Waals surface area contributed by atoms with Gasteiger partial charge in [-0.25, -0.2) is 0 Å². The van der Waals surface area contributed by atoms with Crippen LogP contribution in [-0.2, 0) is 14.3 Å². The Morgan fingerprint density at radius 2 is 1.82 bits per heavy atom. The van der Waals surface area contributed by atoms with Gasteiger partial charge in [0.05, 0.1) is 13.0 Å². The second-order valence-corrected chi connectivity index (χ2v) is 5.92. The number of rotatable bonds is 7. The minimum Gasteiger partial charge on any atom is -0.469 e. The average Bonchev–Trinajstić information content (AvgIpc) is 2.55. The van der Waals surface area contributed by atoms with Gasteiger partial charge in [0.2, 0.25) is 0 Å². The van der Waals surface area contributed by atoms with Crippen molar-refractivity contribution in [2.24, 2.45) is 11.8 Å². The Morgan fingerprint density at radius 3 is 2.23 bits per heavy atom. The van der Waals surface area contributed by atoms with Crippen molar-refractivity contribution in [2.75, 3.05) is 7.11 Å². The summed E-state index contributed by atoms with van der Waals surface area (Å²) in [5.41, 5.74) is 0. The molecular weight excluding hydrogens is 411 g/mol. The predicted molar refractivity (Wildman–Crippen MR) is 104 cm³/mol. The van der Waals surface area contributed by atoms with E-state index in [0.717, 1.165) is 6.42 Å². The maximum atomic E-state index is 11.7. The molecule has 0 N–H and O–H groups in total. The van der Waals surface area contributed by atoms with Crippen LogP contribution in [0.5, 0.6) is 0 Å². The summed E-state index contributed by atoms with van der Waals surface area (Å²) in [4.78, 5) is 22.7. The lowest BCUT2D eigenvalue weighted by atomic mass is 9.86. The zero-order valence-electron chi connectivity index (χ0n) is 14.1. The van der Waals surface area contributed by atoms with Gasteiger partial charge in [0.25, 0.3) is 0 Å². The largest absolute Gasteiger partial charge is 0.469 e. The molecule has 0 aromatic heterocycles. The summed E-state index contributed by atoms with van der Waals surface area (Å²) in [5.74, 6) is 2.94. The van der Waals surface area contributed by atoms with E-state index in [0.29, 0.717) is 19.3 Å². The van der Waals surface area contributed by atoms with E-state index in [1.165, 1.54) is 16.0 Å². The highest BCUT2D eigenvalue weighted by Gasteiger charge is 2.25. The molecule has 22 heavy (non-hydrogen) atoms. The fraction of sp³-hybridized carbons (Fsp3) is 0.647. The van der Waals surface area contributed by atoms with Crippen LogP contribution in [0.4, 0.5) is 0 Å². The fourth-order valence-electron chi connectivity index (χ4n) is 1.72. The first-order chi connectivity index (χ1) is 10.5. The smallest absolute Gasteiger partial charge is 0.308 e. The molecule has 0 heterocycles. The number of methoxy groups -OCH3 is 1. The van der Waals surface area contributed by atoms with Gasteiger partial charge in [-0.15, -0.1) is 12.8 Å². The van der Waals surface area contributed by atoms with Crippen molar-refractivity contribution in [3.05, 3.63) is 0 Å². The summed E-state index contributed by atoms with van der Waals surface area (Å²) in [6, 6.07) is 0. The molecule has 0 spiro atoms. The second kappa shape index (κ2) is 20.3. The van der Waals surface area contributed by atoms with Crippen molar-refractivity contribution in [3.63, 3.8) is 0 Å². The van der Waals surface area contributed by atoms with Crippen molar-refractivity contribution in [1.29, 1.82) is 0 Å². The third-order valence-corrected chi connectivity index (χ3v) is 3.72. The quantitative estimate of drug-likeness (QED) is 0.323. The first-order valence-electron chi connectivity index (χ1n) is 7.19. The number of Topliss-reactive ketones (excluding diaryl/α,β-unsaturated/α-hetero) is 1. The fourth-order valence-corrected chi connectivity index (χ4v) is 2.35. The molecular formula is C17H27IO3S. The monoisotopic (exact) mass is 438 g/mol. The van der Waals surface area contributed by atoms with Gasteiger partial charge in [-0.2, -0.15) is 0 Å². The van der Waals surface area contributed by atoms with Gasteiger partial charge in [0.1, 0.15) is 5.78 Å². The van der Waals surface area contributed by atoms with E-state index in [4.69, 9.17) is 4.74 Å².